The lowest BCUT2D eigenvalue weighted by Gasteiger charge is -2.44. The molecular weight excluding hydrogens is 316 g/mol. The van der Waals surface area contributed by atoms with Crippen LogP contribution in [0.4, 0.5) is 0 Å². The summed E-state index contributed by atoms with van der Waals surface area (Å²) in [5.41, 5.74) is 0.189. The highest BCUT2D eigenvalue weighted by Crippen LogP contribution is 2.31. The van der Waals surface area contributed by atoms with Crippen molar-refractivity contribution < 1.29 is 14.3 Å². The van der Waals surface area contributed by atoms with Gasteiger partial charge in [0.25, 0.3) is 0 Å². The summed E-state index contributed by atoms with van der Waals surface area (Å²) < 4.78 is 5.86. The third-order valence-corrected chi connectivity index (χ3v) is 5.19. The molecule has 4 rings (SSSR count). The summed E-state index contributed by atoms with van der Waals surface area (Å²) in [4.78, 5) is 27.7. The molecule has 0 saturated carbocycles. The Morgan fingerprint density at radius 2 is 1.80 bits per heavy atom. The summed E-state index contributed by atoms with van der Waals surface area (Å²) in [6.45, 7) is 8.52. The van der Waals surface area contributed by atoms with Gasteiger partial charge in [-0.2, -0.15) is 0 Å². The molecule has 1 N–H and O–H groups in total. The van der Waals surface area contributed by atoms with Crippen molar-refractivity contribution in [2.45, 2.75) is 45.8 Å². The van der Waals surface area contributed by atoms with Crippen molar-refractivity contribution in [2.75, 3.05) is 19.6 Å². The predicted octanol–water partition coefficient (Wildman–Crippen LogP) is 2.53. The molecule has 25 heavy (non-hydrogen) atoms. The van der Waals surface area contributed by atoms with Gasteiger partial charge in [0.2, 0.25) is 5.91 Å². The molecule has 3 fully saturated rings. The summed E-state index contributed by atoms with van der Waals surface area (Å²) in [7, 11) is 0. The minimum atomic E-state index is -0.761. The van der Waals surface area contributed by atoms with E-state index in [2.05, 4.69) is 10.2 Å². The summed E-state index contributed by atoms with van der Waals surface area (Å²) in [6, 6.07) is 8.57. The molecule has 136 valence electrons. The quantitative estimate of drug-likeness (QED) is 0.853. The van der Waals surface area contributed by atoms with Crippen LogP contribution in [0.5, 0.6) is 0 Å². The van der Waals surface area contributed by atoms with Crippen LogP contribution in [0.3, 0.4) is 0 Å². The molecule has 0 aromatic heterocycles. The van der Waals surface area contributed by atoms with Gasteiger partial charge in [-0.25, -0.2) is 4.79 Å². The van der Waals surface area contributed by atoms with Crippen LogP contribution in [0.15, 0.2) is 30.3 Å². The van der Waals surface area contributed by atoms with Crippen molar-refractivity contribution in [1.82, 2.24) is 10.2 Å². The van der Waals surface area contributed by atoms with Crippen LogP contribution in [0.2, 0.25) is 0 Å². The molecule has 2 atom stereocenters. The third-order valence-electron chi connectivity index (χ3n) is 5.19. The number of benzene rings is 1. The molecule has 1 aromatic rings. The first kappa shape index (κ1) is 17.9. The van der Waals surface area contributed by atoms with Gasteiger partial charge >= 0.3 is 5.97 Å². The normalized spacial score (nSPS) is 26.8. The average molecular weight is 344 g/mol. The number of hydrogen-bond donors (Lipinski definition) is 1. The Bertz CT molecular complexity index is 616. The summed E-state index contributed by atoms with van der Waals surface area (Å²) >= 11 is 0. The molecule has 2 bridgehead atoms. The lowest BCUT2D eigenvalue weighted by molar-refractivity contribution is -0.163. The van der Waals surface area contributed by atoms with E-state index < -0.39 is 11.5 Å². The largest absolute Gasteiger partial charge is 0.459 e. The van der Waals surface area contributed by atoms with Gasteiger partial charge in [-0.05, 0) is 37.4 Å². The monoisotopic (exact) mass is 344 g/mol. The SMILES string of the molecule is CC(C)(C)C(=O)NC(C(=O)O[C@H]1CN2CCC1CC2)c1ccccc1. The van der Waals surface area contributed by atoms with Gasteiger partial charge < -0.3 is 10.1 Å². The predicted molar refractivity (Wildman–Crippen MR) is 95.8 cm³/mol. The van der Waals surface area contributed by atoms with Crippen LogP contribution in [0, 0.1) is 11.3 Å². The van der Waals surface area contributed by atoms with Crippen molar-refractivity contribution >= 4 is 11.9 Å². The Morgan fingerprint density at radius 3 is 2.32 bits per heavy atom. The van der Waals surface area contributed by atoms with Crippen LogP contribution in [0.1, 0.15) is 45.2 Å². The molecular formula is C20H28N2O3. The van der Waals surface area contributed by atoms with Gasteiger partial charge in [-0.3, -0.25) is 9.69 Å². The molecule has 0 spiro atoms. The Labute approximate surface area is 149 Å². The van der Waals surface area contributed by atoms with E-state index in [0.717, 1.165) is 38.0 Å². The minimum absolute atomic E-state index is 0.0623. The van der Waals surface area contributed by atoms with Crippen molar-refractivity contribution in [2.24, 2.45) is 11.3 Å². The number of esters is 1. The topological polar surface area (TPSA) is 58.6 Å². The zero-order valence-corrected chi connectivity index (χ0v) is 15.3. The van der Waals surface area contributed by atoms with Crippen molar-refractivity contribution in [3.05, 3.63) is 35.9 Å². The fourth-order valence-electron chi connectivity index (χ4n) is 3.53. The number of nitrogens with zero attached hydrogens (tertiary/aromatic N) is 1. The molecule has 3 aliphatic heterocycles. The number of carbonyl (C=O) groups excluding carboxylic acids is 2. The van der Waals surface area contributed by atoms with E-state index in [1.54, 1.807) is 0 Å². The summed E-state index contributed by atoms with van der Waals surface area (Å²) in [6.07, 6.45) is 2.11. The third kappa shape index (κ3) is 4.21. The smallest absolute Gasteiger partial charge is 0.333 e. The Hall–Kier alpha value is -1.88. The number of rotatable bonds is 4. The summed E-state index contributed by atoms with van der Waals surface area (Å²) in [5, 5.41) is 2.88. The lowest BCUT2D eigenvalue weighted by Crippen LogP contribution is -2.53. The van der Waals surface area contributed by atoms with E-state index >= 15 is 0 Å². The number of hydrogen-bond acceptors (Lipinski definition) is 4. The first-order valence-electron chi connectivity index (χ1n) is 9.13. The van der Waals surface area contributed by atoms with E-state index in [1.807, 2.05) is 51.1 Å². The molecule has 0 aliphatic carbocycles. The van der Waals surface area contributed by atoms with Gasteiger partial charge in [-0.1, -0.05) is 51.1 Å². The number of piperidine rings is 3. The van der Waals surface area contributed by atoms with Crippen molar-refractivity contribution in [3.63, 3.8) is 0 Å². The van der Waals surface area contributed by atoms with Crippen molar-refractivity contribution in [1.29, 1.82) is 0 Å². The van der Waals surface area contributed by atoms with Gasteiger partial charge in [0.15, 0.2) is 6.04 Å². The fraction of sp³-hybridized carbons (Fsp3) is 0.600. The molecule has 5 heteroatoms. The first-order valence-corrected chi connectivity index (χ1v) is 9.13. The van der Waals surface area contributed by atoms with Crippen LogP contribution in [-0.4, -0.2) is 42.5 Å². The molecule has 5 nitrogen and oxygen atoms in total. The molecule has 1 aromatic carbocycles. The highest BCUT2D eigenvalue weighted by molar-refractivity contribution is 5.88. The Morgan fingerprint density at radius 1 is 1.16 bits per heavy atom. The van der Waals surface area contributed by atoms with E-state index in [-0.39, 0.29) is 18.0 Å². The number of fused-ring (bicyclic) bond motifs is 3. The van der Waals surface area contributed by atoms with E-state index in [1.165, 1.54) is 0 Å². The zero-order valence-electron chi connectivity index (χ0n) is 15.3. The van der Waals surface area contributed by atoms with Gasteiger partial charge in [0, 0.05) is 12.0 Å². The highest BCUT2D eigenvalue weighted by Gasteiger charge is 2.38. The molecule has 3 aliphatic rings. The van der Waals surface area contributed by atoms with Crippen LogP contribution < -0.4 is 5.32 Å². The van der Waals surface area contributed by atoms with Crippen molar-refractivity contribution in [3.8, 4) is 0 Å². The fourth-order valence-corrected chi connectivity index (χ4v) is 3.53. The summed E-state index contributed by atoms with van der Waals surface area (Å²) in [5.74, 6) is -0.0709. The number of nitrogens with one attached hydrogen (secondary N) is 1. The second-order valence-corrected chi connectivity index (χ2v) is 8.18. The van der Waals surface area contributed by atoms with E-state index in [4.69, 9.17) is 4.74 Å². The Kier molecular flexibility index (Phi) is 5.13. The molecule has 1 amide bonds. The maximum Gasteiger partial charge on any atom is 0.333 e. The number of amides is 1. The van der Waals surface area contributed by atoms with Crippen LogP contribution >= 0.6 is 0 Å². The number of carbonyl (C=O) groups is 2. The average Bonchev–Trinajstić information content (AvgIpc) is 2.60. The Balaban J connectivity index is 1.74. The van der Waals surface area contributed by atoms with Gasteiger partial charge in [0.05, 0.1) is 0 Å². The second kappa shape index (κ2) is 7.16. The molecule has 3 saturated heterocycles. The highest BCUT2D eigenvalue weighted by atomic mass is 16.5. The maximum absolute atomic E-state index is 12.9. The maximum atomic E-state index is 12.9. The zero-order chi connectivity index (χ0) is 18.0. The standard InChI is InChI=1S/C20H28N2O3/c1-20(2,3)19(24)21-17(15-7-5-4-6-8-15)18(23)25-16-13-22-11-9-14(16)10-12-22/h4-8,14,16-17H,9-13H2,1-3H3,(H,21,24)/t16-,17?/m0/s1. The number of ether oxygens (including phenoxy) is 1. The van der Waals surface area contributed by atoms with Gasteiger partial charge in [-0.15, -0.1) is 0 Å². The molecule has 0 radical (unpaired) electrons. The lowest BCUT2D eigenvalue weighted by atomic mass is 9.86. The van der Waals surface area contributed by atoms with E-state index in [9.17, 15) is 9.59 Å². The van der Waals surface area contributed by atoms with Crippen LogP contribution in [0.25, 0.3) is 0 Å². The molecule has 3 heterocycles. The van der Waals surface area contributed by atoms with Crippen LogP contribution in [-0.2, 0) is 14.3 Å². The van der Waals surface area contributed by atoms with E-state index in [0.29, 0.717) is 5.92 Å². The minimum Gasteiger partial charge on any atom is -0.459 e. The molecule has 1 unspecified atom stereocenters. The second-order valence-electron chi connectivity index (χ2n) is 8.18. The first-order chi connectivity index (χ1) is 11.8. The van der Waals surface area contributed by atoms with Gasteiger partial charge in [0.1, 0.15) is 6.10 Å².